The van der Waals surface area contributed by atoms with E-state index in [1.165, 1.54) is 13.3 Å². The molecule has 4 rings (SSSR count). The zero-order chi connectivity index (χ0) is 18.3. The summed E-state index contributed by atoms with van der Waals surface area (Å²) in [5, 5.41) is 16.2. The van der Waals surface area contributed by atoms with Crippen LogP contribution in [0.25, 0.3) is 22.4 Å². The molecule has 3 heterocycles. The first-order valence-electron chi connectivity index (χ1n) is 7.72. The number of benzene rings is 1. The van der Waals surface area contributed by atoms with E-state index in [-0.39, 0.29) is 23.7 Å². The smallest absolute Gasteiger partial charge is 0.356 e. The number of esters is 1. The zero-order valence-electron chi connectivity index (χ0n) is 13.7. The van der Waals surface area contributed by atoms with E-state index in [4.69, 9.17) is 15.2 Å². The molecule has 0 fully saturated rings. The highest BCUT2D eigenvalue weighted by Crippen LogP contribution is 2.43. The molecule has 1 aliphatic heterocycles. The summed E-state index contributed by atoms with van der Waals surface area (Å²) < 4.78 is 10.6. The molecule has 0 aliphatic carbocycles. The van der Waals surface area contributed by atoms with Crippen LogP contribution in [0.4, 0.5) is 5.82 Å². The Bertz CT molecular complexity index is 1080. The van der Waals surface area contributed by atoms with E-state index in [0.717, 1.165) is 5.56 Å². The second-order valence-electron chi connectivity index (χ2n) is 5.62. The monoisotopic (exact) mass is 347 g/mol. The Balaban J connectivity index is 2.06. The number of fused-ring (bicyclic) bond motifs is 3. The fourth-order valence-corrected chi connectivity index (χ4v) is 3.09. The van der Waals surface area contributed by atoms with Gasteiger partial charge in [0.1, 0.15) is 29.8 Å². The third-order valence-corrected chi connectivity index (χ3v) is 4.25. The fraction of sp³-hybridized carbons (Fsp3) is 0.111. The van der Waals surface area contributed by atoms with Gasteiger partial charge in [0.05, 0.1) is 19.0 Å². The molecule has 0 spiro atoms. The van der Waals surface area contributed by atoms with Gasteiger partial charge < -0.3 is 15.2 Å². The summed E-state index contributed by atoms with van der Waals surface area (Å²) in [6, 6.07) is 9.51. The number of aromatic nitrogens is 3. The van der Waals surface area contributed by atoms with Crippen molar-refractivity contribution in [3.63, 3.8) is 0 Å². The van der Waals surface area contributed by atoms with Gasteiger partial charge in [0, 0.05) is 22.3 Å². The molecule has 0 atom stereocenters. The normalized spacial score (nSPS) is 11.7. The number of carbonyl (C=O) groups excluding carboxylic acids is 1. The highest BCUT2D eigenvalue weighted by Gasteiger charge is 2.29. The number of nitrogens with zero attached hydrogens (tertiary/aromatic N) is 3. The summed E-state index contributed by atoms with van der Waals surface area (Å²) in [6.45, 7) is 0.190. The standard InChI is InChI=1S/C18H13N5O3/c1-25-18(24)16-11(7-21-23-16)14-10(6-19)17(20)22-15-9-4-2-3-5-13(9)26-8-12(14)15/h2-5,7H,8H2,1H3,(H2,20,22)(H,21,23). The van der Waals surface area contributed by atoms with Crippen molar-refractivity contribution in [3.8, 4) is 34.2 Å². The number of hydrogen-bond acceptors (Lipinski definition) is 7. The van der Waals surface area contributed by atoms with Crippen LogP contribution in [-0.2, 0) is 11.3 Å². The van der Waals surface area contributed by atoms with Crippen LogP contribution >= 0.6 is 0 Å². The van der Waals surface area contributed by atoms with Crippen LogP contribution in [0.5, 0.6) is 5.75 Å². The summed E-state index contributed by atoms with van der Waals surface area (Å²) >= 11 is 0. The molecule has 8 heteroatoms. The average molecular weight is 347 g/mol. The van der Waals surface area contributed by atoms with Crippen molar-refractivity contribution in [1.82, 2.24) is 15.2 Å². The Morgan fingerprint density at radius 1 is 1.38 bits per heavy atom. The second-order valence-corrected chi connectivity index (χ2v) is 5.62. The SMILES string of the molecule is COC(=O)c1[nH]ncc1-c1c(C#N)c(N)nc2c1COc1ccccc1-2. The maximum atomic E-state index is 12.1. The zero-order valence-corrected chi connectivity index (χ0v) is 13.7. The number of methoxy groups -OCH3 is 1. The van der Waals surface area contributed by atoms with E-state index in [9.17, 15) is 10.1 Å². The number of nitrogens with two attached hydrogens (primary N) is 1. The Hall–Kier alpha value is -3.86. The van der Waals surface area contributed by atoms with Crippen molar-refractivity contribution in [1.29, 1.82) is 5.26 Å². The number of ether oxygens (including phenoxy) is 2. The van der Waals surface area contributed by atoms with Gasteiger partial charge in [-0.05, 0) is 12.1 Å². The lowest BCUT2D eigenvalue weighted by atomic mass is 9.91. The van der Waals surface area contributed by atoms with Crippen LogP contribution in [0, 0.1) is 11.3 Å². The summed E-state index contributed by atoms with van der Waals surface area (Å²) in [4.78, 5) is 16.5. The molecule has 26 heavy (non-hydrogen) atoms. The first-order valence-corrected chi connectivity index (χ1v) is 7.72. The van der Waals surface area contributed by atoms with Crippen LogP contribution < -0.4 is 10.5 Å². The van der Waals surface area contributed by atoms with E-state index >= 15 is 0 Å². The number of nitrogens with one attached hydrogen (secondary N) is 1. The van der Waals surface area contributed by atoms with Gasteiger partial charge in [-0.2, -0.15) is 10.4 Å². The van der Waals surface area contributed by atoms with Gasteiger partial charge in [-0.3, -0.25) is 5.10 Å². The molecule has 1 aliphatic rings. The lowest BCUT2D eigenvalue weighted by Gasteiger charge is -2.23. The number of hydrogen-bond donors (Lipinski definition) is 2. The summed E-state index contributed by atoms with van der Waals surface area (Å²) in [5.41, 5.74) is 9.31. The molecule has 8 nitrogen and oxygen atoms in total. The van der Waals surface area contributed by atoms with Crippen LogP contribution in [0.2, 0.25) is 0 Å². The molecule has 1 aromatic carbocycles. The minimum atomic E-state index is -0.595. The average Bonchev–Trinajstić information content (AvgIpc) is 3.15. The molecule has 3 N–H and O–H groups in total. The second kappa shape index (κ2) is 5.89. The van der Waals surface area contributed by atoms with Gasteiger partial charge in [-0.15, -0.1) is 0 Å². The van der Waals surface area contributed by atoms with E-state index in [2.05, 4.69) is 21.3 Å². The number of aromatic amines is 1. The number of para-hydroxylation sites is 1. The molecule has 0 saturated carbocycles. The highest BCUT2D eigenvalue weighted by atomic mass is 16.5. The number of rotatable bonds is 2. The fourth-order valence-electron chi connectivity index (χ4n) is 3.09. The molecular weight excluding hydrogens is 334 g/mol. The van der Waals surface area contributed by atoms with Crippen LogP contribution in [0.3, 0.4) is 0 Å². The highest BCUT2D eigenvalue weighted by molar-refractivity contribution is 5.98. The minimum Gasteiger partial charge on any atom is -0.488 e. The van der Waals surface area contributed by atoms with Crippen molar-refractivity contribution in [3.05, 3.63) is 47.3 Å². The first-order chi connectivity index (χ1) is 12.7. The van der Waals surface area contributed by atoms with E-state index in [1.54, 1.807) is 0 Å². The largest absolute Gasteiger partial charge is 0.488 e. The molecule has 0 bridgehead atoms. The summed E-state index contributed by atoms with van der Waals surface area (Å²) in [5.74, 6) is 0.167. The quantitative estimate of drug-likeness (QED) is 0.681. The van der Waals surface area contributed by atoms with Gasteiger partial charge >= 0.3 is 5.97 Å². The Morgan fingerprint density at radius 2 is 2.19 bits per heavy atom. The molecule has 128 valence electrons. The predicted octanol–water partition coefficient (Wildman–Crippen LogP) is 2.27. The van der Waals surface area contributed by atoms with Crippen molar-refractivity contribution in [2.24, 2.45) is 0 Å². The number of pyridine rings is 1. The number of H-pyrrole nitrogens is 1. The van der Waals surface area contributed by atoms with Gasteiger partial charge in [-0.1, -0.05) is 12.1 Å². The molecule has 0 radical (unpaired) electrons. The van der Waals surface area contributed by atoms with Gasteiger partial charge in [-0.25, -0.2) is 9.78 Å². The third-order valence-electron chi connectivity index (χ3n) is 4.25. The lowest BCUT2D eigenvalue weighted by molar-refractivity contribution is 0.0595. The lowest BCUT2D eigenvalue weighted by Crippen LogP contribution is -2.13. The van der Waals surface area contributed by atoms with Crippen molar-refractivity contribution in [2.45, 2.75) is 6.61 Å². The molecular formula is C18H13N5O3. The van der Waals surface area contributed by atoms with Crippen LogP contribution in [0.15, 0.2) is 30.5 Å². The van der Waals surface area contributed by atoms with Crippen molar-refractivity contribution >= 4 is 11.8 Å². The van der Waals surface area contributed by atoms with Gasteiger partial charge in [0.15, 0.2) is 5.69 Å². The minimum absolute atomic E-state index is 0.0787. The van der Waals surface area contributed by atoms with Crippen molar-refractivity contribution in [2.75, 3.05) is 12.8 Å². The van der Waals surface area contributed by atoms with Crippen LogP contribution in [0.1, 0.15) is 21.6 Å². The maximum Gasteiger partial charge on any atom is 0.356 e. The molecule has 2 aromatic heterocycles. The Morgan fingerprint density at radius 3 is 2.96 bits per heavy atom. The predicted molar refractivity (Wildman–Crippen MR) is 92.1 cm³/mol. The topological polar surface area (TPSA) is 127 Å². The Labute approximate surface area is 148 Å². The molecule has 3 aromatic rings. The molecule has 0 unspecified atom stereocenters. The molecule has 0 saturated heterocycles. The Kier molecular flexibility index (Phi) is 3.55. The summed E-state index contributed by atoms with van der Waals surface area (Å²) in [7, 11) is 1.27. The number of anilines is 1. The van der Waals surface area contributed by atoms with Gasteiger partial charge in [0.25, 0.3) is 0 Å². The van der Waals surface area contributed by atoms with Gasteiger partial charge in [0.2, 0.25) is 0 Å². The van der Waals surface area contributed by atoms with Crippen LogP contribution in [-0.4, -0.2) is 28.3 Å². The number of nitrogen functional groups attached to an aromatic ring is 1. The third kappa shape index (κ3) is 2.18. The van der Waals surface area contributed by atoms with E-state index in [0.29, 0.717) is 28.1 Å². The number of carbonyl (C=O) groups is 1. The molecule has 0 amide bonds. The van der Waals surface area contributed by atoms with E-state index in [1.807, 2.05) is 24.3 Å². The van der Waals surface area contributed by atoms with E-state index < -0.39 is 5.97 Å². The maximum absolute atomic E-state index is 12.1. The summed E-state index contributed by atoms with van der Waals surface area (Å²) in [6.07, 6.45) is 1.46. The van der Waals surface area contributed by atoms with Crippen molar-refractivity contribution < 1.29 is 14.3 Å². The first kappa shape index (κ1) is 15.7. The number of nitriles is 1.